The smallest absolute Gasteiger partial charge is 0.227 e. The van der Waals surface area contributed by atoms with Gasteiger partial charge in [-0.15, -0.1) is 0 Å². The number of hydrogen-bond donors (Lipinski definition) is 3. The molecule has 0 bridgehead atoms. The molecule has 4 heterocycles. The van der Waals surface area contributed by atoms with E-state index in [1.165, 1.54) is 0 Å². The van der Waals surface area contributed by atoms with E-state index in [0.29, 0.717) is 19.2 Å². The Morgan fingerprint density at radius 2 is 1.95 bits per heavy atom. The van der Waals surface area contributed by atoms with Gasteiger partial charge in [0, 0.05) is 47.8 Å². The monoisotopic (exact) mass is 514 g/mol. The molecule has 0 atom stereocenters. The number of H-pyrrole nitrogens is 1. The van der Waals surface area contributed by atoms with E-state index in [-0.39, 0.29) is 12.6 Å². The first-order valence-corrected chi connectivity index (χ1v) is 13.0. The van der Waals surface area contributed by atoms with E-state index in [2.05, 4.69) is 35.9 Å². The van der Waals surface area contributed by atoms with Crippen LogP contribution < -0.4 is 20.3 Å². The molecular formula is C27H30N8O3. The number of ether oxygens (including phenoxy) is 2. The second kappa shape index (κ2) is 11.1. The summed E-state index contributed by atoms with van der Waals surface area (Å²) in [4.78, 5) is 22.8. The van der Waals surface area contributed by atoms with Crippen LogP contribution in [-0.2, 0) is 11.3 Å². The van der Waals surface area contributed by atoms with Crippen LogP contribution in [0.1, 0.15) is 18.4 Å². The van der Waals surface area contributed by atoms with E-state index in [4.69, 9.17) is 14.5 Å². The fourth-order valence-corrected chi connectivity index (χ4v) is 4.98. The Hall–Kier alpha value is -4.09. The van der Waals surface area contributed by atoms with Crippen LogP contribution >= 0.6 is 0 Å². The molecule has 0 radical (unpaired) electrons. The Morgan fingerprint density at radius 3 is 2.74 bits per heavy atom. The van der Waals surface area contributed by atoms with Gasteiger partial charge < -0.3 is 25.0 Å². The Bertz CT molecular complexity index is 1400. The van der Waals surface area contributed by atoms with E-state index in [1.807, 2.05) is 42.7 Å². The van der Waals surface area contributed by atoms with Gasteiger partial charge in [0.1, 0.15) is 23.9 Å². The fourth-order valence-electron chi connectivity index (χ4n) is 4.98. The van der Waals surface area contributed by atoms with Crippen molar-refractivity contribution < 1.29 is 9.47 Å². The van der Waals surface area contributed by atoms with Crippen molar-refractivity contribution in [2.75, 3.05) is 49.6 Å². The van der Waals surface area contributed by atoms with Crippen LogP contribution in [0.15, 0.2) is 54.1 Å². The van der Waals surface area contributed by atoms with Gasteiger partial charge in [-0.1, -0.05) is 5.18 Å². The molecule has 0 saturated carbocycles. The van der Waals surface area contributed by atoms with E-state index in [9.17, 15) is 4.91 Å². The summed E-state index contributed by atoms with van der Waals surface area (Å²) in [6.07, 6.45) is 7.46. The third-order valence-corrected chi connectivity index (χ3v) is 6.92. The number of anilines is 3. The first-order valence-electron chi connectivity index (χ1n) is 13.0. The third-order valence-electron chi connectivity index (χ3n) is 6.92. The third kappa shape index (κ3) is 5.43. The lowest BCUT2D eigenvalue weighted by Gasteiger charge is -2.29. The van der Waals surface area contributed by atoms with E-state index < -0.39 is 0 Å². The second-order valence-corrected chi connectivity index (χ2v) is 9.56. The minimum atomic E-state index is 0.0937. The van der Waals surface area contributed by atoms with Crippen LogP contribution in [0.3, 0.4) is 0 Å². The summed E-state index contributed by atoms with van der Waals surface area (Å²) in [6, 6.07) is 10.0. The molecule has 4 aromatic rings. The van der Waals surface area contributed by atoms with Crippen molar-refractivity contribution in [3.05, 3.63) is 59.4 Å². The largest absolute Gasteiger partial charge is 0.488 e. The van der Waals surface area contributed by atoms with Crippen molar-refractivity contribution in [1.29, 1.82) is 0 Å². The topological polar surface area (TPSA) is 130 Å². The minimum Gasteiger partial charge on any atom is -0.488 e. The number of nitroso groups, excluding NO2 is 1. The molecule has 2 saturated heterocycles. The van der Waals surface area contributed by atoms with E-state index >= 15 is 0 Å². The molecule has 2 aliphatic heterocycles. The molecule has 2 aliphatic rings. The van der Waals surface area contributed by atoms with Crippen LogP contribution in [0, 0.1) is 4.91 Å². The maximum atomic E-state index is 11.0. The summed E-state index contributed by atoms with van der Waals surface area (Å²) in [7, 11) is 0. The number of fused-ring (bicyclic) bond motifs is 1. The molecule has 0 unspecified atom stereocenters. The van der Waals surface area contributed by atoms with Gasteiger partial charge in [-0.25, -0.2) is 9.97 Å². The van der Waals surface area contributed by atoms with Crippen molar-refractivity contribution in [2.24, 2.45) is 5.18 Å². The lowest BCUT2D eigenvalue weighted by atomic mass is 10.1. The molecule has 0 aliphatic carbocycles. The molecule has 0 spiro atoms. The van der Waals surface area contributed by atoms with Crippen LogP contribution in [0.2, 0.25) is 0 Å². The van der Waals surface area contributed by atoms with Crippen molar-refractivity contribution in [1.82, 2.24) is 25.5 Å². The number of nitrogens with one attached hydrogen (secondary N) is 3. The van der Waals surface area contributed by atoms with Gasteiger partial charge >= 0.3 is 0 Å². The number of rotatable bonds is 8. The Labute approximate surface area is 219 Å². The molecule has 6 rings (SSSR count). The van der Waals surface area contributed by atoms with Crippen LogP contribution in [0.5, 0.6) is 5.75 Å². The van der Waals surface area contributed by atoms with Gasteiger partial charge in [-0.05, 0) is 67.4 Å². The molecule has 0 amide bonds. The van der Waals surface area contributed by atoms with Gasteiger partial charge in [0.25, 0.3) is 0 Å². The zero-order valence-corrected chi connectivity index (χ0v) is 21.0. The molecule has 2 aromatic heterocycles. The first-order chi connectivity index (χ1) is 18.7. The summed E-state index contributed by atoms with van der Waals surface area (Å²) in [5, 5.41) is 17.7. The molecule has 3 N–H and O–H groups in total. The quantitative estimate of drug-likeness (QED) is 0.299. The maximum Gasteiger partial charge on any atom is 0.227 e. The van der Waals surface area contributed by atoms with Gasteiger partial charge in [0.05, 0.1) is 19.4 Å². The van der Waals surface area contributed by atoms with Crippen LogP contribution in [0.25, 0.3) is 22.0 Å². The lowest BCUT2D eigenvalue weighted by Crippen LogP contribution is -2.36. The number of nitrogens with zero attached hydrogens (tertiary/aromatic N) is 5. The van der Waals surface area contributed by atoms with Crippen molar-refractivity contribution in [2.45, 2.75) is 25.5 Å². The molecule has 2 fully saturated rings. The Morgan fingerprint density at radius 1 is 1.08 bits per heavy atom. The minimum absolute atomic E-state index is 0.0937. The summed E-state index contributed by atoms with van der Waals surface area (Å²) in [6.45, 7) is 4.89. The van der Waals surface area contributed by atoms with Gasteiger partial charge in [-0.2, -0.15) is 10.0 Å². The van der Waals surface area contributed by atoms with E-state index in [0.717, 1.165) is 83.7 Å². The van der Waals surface area contributed by atoms with Crippen molar-refractivity contribution >= 4 is 28.2 Å². The number of aromatic amines is 1. The molecule has 2 aromatic carbocycles. The highest BCUT2D eigenvalue weighted by Gasteiger charge is 2.19. The molecule has 38 heavy (non-hydrogen) atoms. The summed E-state index contributed by atoms with van der Waals surface area (Å²) < 4.78 is 12.0. The zero-order chi connectivity index (χ0) is 25.7. The van der Waals surface area contributed by atoms with Gasteiger partial charge in [-0.3, -0.25) is 5.10 Å². The van der Waals surface area contributed by atoms with E-state index in [1.54, 1.807) is 6.20 Å². The number of piperidine rings is 1. The zero-order valence-electron chi connectivity index (χ0n) is 21.0. The lowest BCUT2D eigenvalue weighted by molar-refractivity contribution is 0.122. The normalized spacial score (nSPS) is 16.5. The molecule has 11 nitrogen and oxygen atoms in total. The average Bonchev–Trinajstić information content (AvgIpc) is 3.50. The Balaban J connectivity index is 1.35. The van der Waals surface area contributed by atoms with Crippen molar-refractivity contribution in [3.63, 3.8) is 0 Å². The summed E-state index contributed by atoms with van der Waals surface area (Å²) >= 11 is 0. The van der Waals surface area contributed by atoms with Crippen LogP contribution in [0.4, 0.5) is 17.3 Å². The number of aromatic nitrogens is 4. The Kier molecular flexibility index (Phi) is 7.10. The van der Waals surface area contributed by atoms with Gasteiger partial charge in [0.15, 0.2) is 0 Å². The predicted molar refractivity (Wildman–Crippen MR) is 146 cm³/mol. The number of benzene rings is 2. The van der Waals surface area contributed by atoms with Crippen molar-refractivity contribution in [3.8, 4) is 16.9 Å². The number of morpholine rings is 1. The number of hydrogen-bond acceptors (Lipinski definition) is 10. The fraction of sp³-hybridized carbons (Fsp3) is 0.370. The average molecular weight is 515 g/mol. The summed E-state index contributed by atoms with van der Waals surface area (Å²) in [5.74, 6) is 1.18. The first kappa shape index (κ1) is 24.3. The van der Waals surface area contributed by atoms with Gasteiger partial charge in [0.2, 0.25) is 5.95 Å². The predicted octanol–water partition coefficient (Wildman–Crippen LogP) is 4.00. The highest BCUT2D eigenvalue weighted by Crippen LogP contribution is 2.34. The maximum absolute atomic E-state index is 11.0. The SMILES string of the molecule is O=NCc1cc(Nc2ncc3cc(-c4cn[nH]c4)cc(OC4CCNCC4)c3n2)cc(N2CCOCC2)c1. The molecule has 11 heteroatoms. The van der Waals surface area contributed by atoms with Crippen LogP contribution in [-0.4, -0.2) is 65.7 Å². The highest BCUT2D eigenvalue weighted by molar-refractivity contribution is 5.90. The second-order valence-electron chi connectivity index (χ2n) is 9.56. The highest BCUT2D eigenvalue weighted by atomic mass is 16.5. The molecular weight excluding hydrogens is 484 g/mol. The summed E-state index contributed by atoms with van der Waals surface area (Å²) in [5.41, 5.74) is 5.34. The molecule has 196 valence electrons. The standard InChI is InChI=1S/C27H30N8O3/c36-32-14-18-9-22(13-23(10-18)35-5-7-37-8-6-35)33-27-29-15-20-11-19(21-16-30-31-17-21)12-25(26(20)34-27)38-24-1-3-28-4-2-24/h9-13,15-17,24,28H,1-8,14H2,(H,30,31)(H,29,33,34).